The Bertz CT molecular complexity index is 595. The lowest BCUT2D eigenvalue weighted by molar-refractivity contribution is -0.143. The lowest BCUT2D eigenvalue weighted by Gasteiger charge is -2.23. The van der Waals surface area contributed by atoms with Gasteiger partial charge in [-0.05, 0) is 12.8 Å². The van der Waals surface area contributed by atoms with Crippen molar-refractivity contribution in [1.82, 2.24) is 9.78 Å². The molecule has 2 rings (SSSR count). The normalized spacial score (nSPS) is 23.0. The van der Waals surface area contributed by atoms with E-state index in [4.69, 9.17) is 11.6 Å². The van der Waals surface area contributed by atoms with Gasteiger partial charge in [0.15, 0.2) is 0 Å². The largest absolute Gasteiger partial charge is 0.408 e. The number of nitrogens with one attached hydrogen (secondary N) is 1. The molecule has 1 aliphatic heterocycles. The molecule has 1 saturated heterocycles. The van der Waals surface area contributed by atoms with Gasteiger partial charge < -0.3 is 5.32 Å². The lowest BCUT2D eigenvalue weighted by Crippen LogP contribution is -2.33. The highest BCUT2D eigenvalue weighted by atomic mass is 35.5. The van der Waals surface area contributed by atoms with Crippen molar-refractivity contribution in [3.8, 4) is 0 Å². The van der Waals surface area contributed by atoms with Crippen LogP contribution in [0.15, 0.2) is 11.0 Å². The first-order valence-corrected chi connectivity index (χ1v) is 8.07. The van der Waals surface area contributed by atoms with Gasteiger partial charge in [0.25, 0.3) is 5.56 Å². The predicted octanol–water partition coefficient (Wildman–Crippen LogP) is 1.78. The van der Waals surface area contributed by atoms with Gasteiger partial charge in [-0.2, -0.15) is 18.3 Å². The molecule has 0 spiro atoms. The highest BCUT2D eigenvalue weighted by molar-refractivity contribution is 7.85. The monoisotopic (exact) mass is 343 g/mol. The Balaban J connectivity index is 2.13. The number of hydrogen-bond acceptors (Lipinski definition) is 4. The fourth-order valence-electron chi connectivity index (χ4n) is 2.01. The Morgan fingerprint density at radius 1 is 1.43 bits per heavy atom. The molecule has 21 heavy (non-hydrogen) atoms. The van der Waals surface area contributed by atoms with Gasteiger partial charge in [0, 0.05) is 28.3 Å². The van der Waals surface area contributed by atoms with Crippen molar-refractivity contribution >= 4 is 28.1 Å². The minimum absolute atomic E-state index is 0.0140. The van der Waals surface area contributed by atoms with Crippen molar-refractivity contribution in [2.45, 2.75) is 31.6 Å². The molecule has 0 radical (unpaired) electrons. The third-order valence-electron chi connectivity index (χ3n) is 3.06. The topological polar surface area (TPSA) is 64.0 Å². The van der Waals surface area contributed by atoms with E-state index in [1.165, 1.54) is 0 Å². The fourth-order valence-corrected chi connectivity index (χ4v) is 3.51. The standard InChI is InChI=1S/C11H13ClF3N3O2S/c12-9-8(17-7-1-3-21(20)4-2-7)5-16-18(10(9)19)6-11(13,14)15/h5,7,17H,1-4,6H2. The summed E-state index contributed by atoms with van der Waals surface area (Å²) < 4.78 is 48.4. The summed E-state index contributed by atoms with van der Waals surface area (Å²) in [5.74, 6) is 1.10. The fraction of sp³-hybridized carbons (Fsp3) is 0.636. The summed E-state index contributed by atoms with van der Waals surface area (Å²) in [6, 6.07) is -0.0140. The van der Waals surface area contributed by atoms with Crippen molar-refractivity contribution in [1.29, 1.82) is 0 Å². The number of anilines is 1. The summed E-state index contributed by atoms with van der Waals surface area (Å²) in [7, 11) is -0.823. The molecule has 118 valence electrons. The average Bonchev–Trinajstić information content (AvgIpc) is 2.39. The molecular weight excluding hydrogens is 331 g/mol. The van der Waals surface area contributed by atoms with Gasteiger partial charge in [0.1, 0.15) is 11.6 Å². The van der Waals surface area contributed by atoms with Crippen LogP contribution in [0, 0.1) is 0 Å². The number of hydrogen-bond donors (Lipinski definition) is 1. The molecule has 0 bridgehead atoms. The molecule has 0 atom stereocenters. The minimum atomic E-state index is -4.54. The van der Waals surface area contributed by atoms with Crippen LogP contribution in [0.1, 0.15) is 12.8 Å². The zero-order valence-electron chi connectivity index (χ0n) is 10.8. The second-order valence-electron chi connectivity index (χ2n) is 4.72. The Labute approximate surface area is 125 Å². The number of nitrogens with zero attached hydrogens (tertiary/aromatic N) is 2. The van der Waals surface area contributed by atoms with Crippen LogP contribution in [-0.2, 0) is 17.3 Å². The summed E-state index contributed by atoms with van der Waals surface area (Å²) in [6.07, 6.45) is -2.13. The molecule has 2 heterocycles. The zero-order valence-corrected chi connectivity index (χ0v) is 12.4. The lowest BCUT2D eigenvalue weighted by atomic mass is 10.1. The molecule has 1 aromatic heterocycles. The maximum atomic E-state index is 12.3. The molecule has 0 saturated carbocycles. The van der Waals surface area contributed by atoms with Gasteiger partial charge in [-0.3, -0.25) is 9.00 Å². The van der Waals surface area contributed by atoms with E-state index in [9.17, 15) is 22.2 Å². The van der Waals surface area contributed by atoms with Crippen LogP contribution in [-0.4, -0.2) is 37.7 Å². The molecule has 10 heteroatoms. The van der Waals surface area contributed by atoms with Crippen LogP contribution in [0.5, 0.6) is 0 Å². The summed E-state index contributed by atoms with van der Waals surface area (Å²) in [5.41, 5.74) is -0.781. The maximum absolute atomic E-state index is 12.3. The van der Waals surface area contributed by atoms with E-state index < -0.39 is 29.1 Å². The van der Waals surface area contributed by atoms with E-state index in [1.807, 2.05) is 0 Å². The van der Waals surface area contributed by atoms with Crippen molar-refractivity contribution in [2.75, 3.05) is 16.8 Å². The molecule has 0 aliphatic carbocycles. The van der Waals surface area contributed by atoms with Gasteiger partial charge in [-0.15, -0.1) is 0 Å². The quantitative estimate of drug-likeness (QED) is 0.908. The summed E-state index contributed by atoms with van der Waals surface area (Å²) >= 11 is 5.81. The SMILES string of the molecule is O=c1c(Cl)c(NC2CCS(=O)CC2)cnn1CC(F)(F)F. The van der Waals surface area contributed by atoms with Gasteiger partial charge in [0.05, 0.1) is 11.9 Å². The third-order valence-corrected chi connectivity index (χ3v) is 4.81. The number of rotatable bonds is 3. The van der Waals surface area contributed by atoms with Crippen LogP contribution >= 0.6 is 11.6 Å². The Morgan fingerprint density at radius 3 is 2.62 bits per heavy atom. The highest BCUT2D eigenvalue weighted by Crippen LogP contribution is 2.22. The van der Waals surface area contributed by atoms with Crippen LogP contribution in [0.3, 0.4) is 0 Å². The molecule has 0 unspecified atom stereocenters. The van der Waals surface area contributed by atoms with Gasteiger partial charge in [0.2, 0.25) is 0 Å². The molecule has 1 N–H and O–H groups in total. The molecule has 5 nitrogen and oxygen atoms in total. The van der Waals surface area contributed by atoms with E-state index in [0.717, 1.165) is 6.20 Å². The van der Waals surface area contributed by atoms with Crippen LogP contribution in [0.2, 0.25) is 5.02 Å². The number of halogens is 4. The molecule has 0 aromatic carbocycles. The average molecular weight is 344 g/mol. The van der Waals surface area contributed by atoms with E-state index in [2.05, 4.69) is 10.4 Å². The van der Waals surface area contributed by atoms with Crippen molar-refractivity contribution in [3.05, 3.63) is 21.6 Å². The second kappa shape index (κ2) is 6.35. The Morgan fingerprint density at radius 2 is 2.05 bits per heavy atom. The first-order valence-electron chi connectivity index (χ1n) is 6.20. The second-order valence-corrected chi connectivity index (χ2v) is 6.79. The van der Waals surface area contributed by atoms with Gasteiger partial charge in [-0.25, -0.2) is 4.68 Å². The molecule has 1 aromatic rings. The summed E-state index contributed by atoms with van der Waals surface area (Å²) in [6.45, 7) is -1.48. The van der Waals surface area contributed by atoms with Crippen molar-refractivity contribution in [2.24, 2.45) is 0 Å². The summed E-state index contributed by atoms with van der Waals surface area (Å²) in [4.78, 5) is 11.7. The van der Waals surface area contributed by atoms with E-state index in [-0.39, 0.29) is 21.4 Å². The van der Waals surface area contributed by atoms with E-state index in [0.29, 0.717) is 24.3 Å². The highest BCUT2D eigenvalue weighted by Gasteiger charge is 2.30. The van der Waals surface area contributed by atoms with Crippen LogP contribution in [0.25, 0.3) is 0 Å². The first-order chi connectivity index (χ1) is 9.76. The van der Waals surface area contributed by atoms with E-state index >= 15 is 0 Å². The predicted molar refractivity (Wildman–Crippen MR) is 74.1 cm³/mol. The van der Waals surface area contributed by atoms with Crippen molar-refractivity contribution < 1.29 is 17.4 Å². The van der Waals surface area contributed by atoms with Gasteiger partial charge >= 0.3 is 6.18 Å². The van der Waals surface area contributed by atoms with E-state index in [1.54, 1.807) is 0 Å². The zero-order chi connectivity index (χ0) is 15.6. The van der Waals surface area contributed by atoms with Crippen molar-refractivity contribution in [3.63, 3.8) is 0 Å². The van der Waals surface area contributed by atoms with Crippen LogP contribution < -0.4 is 10.9 Å². The molecular formula is C11H13ClF3N3O2S. The minimum Gasteiger partial charge on any atom is -0.380 e. The first kappa shape index (κ1) is 16.3. The summed E-state index contributed by atoms with van der Waals surface area (Å²) in [5, 5.41) is 6.14. The molecule has 0 amide bonds. The Hall–Kier alpha value is -1.09. The molecule has 1 fully saturated rings. The van der Waals surface area contributed by atoms with Crippen LogP contribution in [0.4, 0.5) is 18.9 Å². The number of alkyl halides is 3. The Kier molecular flexibility index (Phi) is 4.92. The molecule has 1 aliphatic rings. The smallest absolute Gasteiger partial charge is 0.380 e. The number of aromatic nitrogens is 2. The third kappa shape index (κ3) is 4.44. The van der Waals surface area contributed by atoms with Gasteiger partial charge in [-0.1, -0.05) is 11.6 Å². The maximum Gasteiger partial charge on any atom is 0.408 e.